The molecule has 3 atom stereocenters. The molecule has 34 heavy (non-hydrogen) atoms. The minimum atomic E-state index is -0.329. The number of fused-ring (bicyclic) bond motifs is 2. The third-order valence-electron chi connectivity index (χ3n) is 7.27. The normalized spacial score (nSPS) is 23.6. The number of aromatic nitrogens is 3. The summed E-state index contributed by atoms with van der Waals surface area (Å²) in [5, 5.41) is 0. The smallest absolute Gasteiger partial charge is 0.221 e. The number of hydrogen-bond donors (Lipinski definition) is 1. The van der Waals surface area contributed by atoms with Gasteiger partial charge in [-0.05, 0) is 60.2 Å². The van der Waals surface area contributed by atoms with Crippen LogP contribution in [-0.2, 0) is 5.41 Å². The van der Waals surface area contributed by atoms with Crippen molar-refractivity contribution in [3.63, 3.8) is 0 Å². The summed E-state index contributed by atoms with van der Waals surface area (Å²) in [7, 11) is 0. The molecule has 0 unspecified atom stereocenters. The number of piperidine rings is 1. The second-order valence-corrected chi connectivity index (χ2v) is 8.95. The summed E-state index contributed by atoms with van der Waals surface area (Å²) in [5.74, 6) is 1.78. The van der Waals surface area contributed by atoms with Crippen LogP contribution in [0, 0.1) is 23.5 Å². The average molecular weight is 460 g/mol. The van der Waals surface area contributed by atoms with Crippen molar-refractivity contribution in [2.75, 3.05) is 24.5 Å². The maximum atomic E-state index is 14.6. The van der Waals surface area contributed by atoms with E-state index in [9.17, 15) is 8.78 Å². The molecule has 4 aromatic rings. The van der Waals surface area contributed by atoms with Gasteiger partial charge in [-0.1, -0.05) is 18.2 Å². The quantitative estimate of drug-likeness (QED) is 0.475. The fourth-order valence-electron chi connectivity index (χ4n) is 5.55. The summed E-state index contributed by atoms with van der Waals surface area (Å²) in [4.78, 5) is 15.9. The molecular weight excluding hydrogens is 436 g/mol. The molecule has 172 valence electrons. The fourth-order valence-corrected chi connectivity index (χ4v) is 5.55. The highest BCUT2D eigenvalue weighted by atomic mass is 19.1. The summed E-state index contributed by atoms with van der Waals surface area (Å²) < 4.78 is 33.4. The van der Waals surface area contributed by atoms with Crippen molar-refractivity contribution in [1.82, 2.24) is 15.0 Å². The van der Waals surface area contributed by atoms with Gasteiger partial charge in [0.2, 0.25) is 5.88 Å². The topological polar surface area (TPSA) is 77.2 Å². The van der Waals surface area contributed by atoms with Gasteiger partial charge < -0.3 is 15.4 Å². The molecule has 1 aliphatic heterocycles. The third-order valence-corrected chi connectivity index (χ3v) is 7.27. The molecule has 8 heteroatoms. The lowest BCUT2D eigenvalue weighted by molar-refractivity contribution is 0.463. The van der Waals surface area contributed by atoms with E-state index >= 15 is 0 Å². The maximum Gasteiger partial charge on any atom is 0.221 e. The van der Waals surface area contributed by atoms with E-state index in [0.717, 1.165) is 30.9 Å². The highest BCUT2D eigenvalue weighted by molar-refractivity contribution is 5.72. The lowest BCUT2D eigenvalue weighted by atomic mass is 9.91. The zero-order valence-corrected chi connectivity index (χ0v) is 18.4. The van der Waals surface area contributed by atoms with Crippen molar-refractivity contribution in [3.8, 4) is 11.6 Å². The Hall–Kier alpha value is -3.65. The van der Waals surface area contributed by atoms with E-state index in [-0.39, 0.29) is 23.0 Å². The molecular formula is C26H23F2N5O. The van der Waals surface area contributed by atoms with E-state index in [1.807, 2.05) is 18.2 Å². The summed E-state index contributed by atoms with van der Waals surface area (Å²) >= 11 is 0. The Labute approximate surface area is 195 Å². The van der Waals surface area contributed by atoms with Gasteiger partial charge in [-0.3, -0.25) is 0 Å². The number of ether oxygens (including phenoxy) is 1. The van der Waals surface area contributed by atoms with Crippen LogP contribution in [0.15, 0.2) is 66.9 Å². The first-order valence-electron chi connectivity index (χ1n) is 11.4. The lowest BCUT2D eigenvalue weighted by Gasteiger charge is -2.27. The predicted octanol–water partition coefficient (Wildman–Crippen LogP) is 4.45. The largest absolute Gasteiger partial charge is 0.439 e. The van der Waals surface area contributed by atoms with Gasteiger partial charge in [-0.25, -0.2) is 18.7 Å². The molecule has 0 radical (unpaired) electrons. The monoisotopic (exact) mass is 459 g/mol. The Bertz CT molecular complexity index is 1370. The molecule has 2 aromatic heterocycles. The number of anilines is 1. The Kier molecular flexibility index (Phi) is 4.91. The first-order chi connectivity index (χ1) is 16.6. The summed E-state index contributed by atoms with van der Waals surface area (Å²) in [6, 6.07) is 16.3. The summed E-state index contributed by atoms with van der Waals surface area (Å²) in [5.41, 5.74) is 7.76. The number of rotatable bonds is 5. The standard InChI is InChI=1S/C26H23F2N5O/c27-16-5-7-17(8-6-16)34-24-10-9-22-25(32-24)30-13-23(31-22)33-12-11-18-20(14-33)26(18,15-29)19-3-1-2-4-21(19)28/h1-10,13,18,20H,11-12,14-15,29H2/t18-,20+,26-/m1/s1. The predicted molar refractivity (Wildman–Crippen MR) is 125 cm³/mol. The van der Waals surface area contributed by atoms with Gasteiger partial charge in [0.25, 0.3) is 0 Å². The third kappa shape index (κ3) is 3.37. The van der Waals surface area contributed by atoms with Crippen molar-refractivity contribution in [2.45, 2.75) is 11.8 Å². The van der Waals surface area contributed by atoms with Crippen LogP contribution in [-0.4, -0.2) is 34.6 Å². The summed E-state index contributed by atoms with van der Waals surface area (Å²) in [6.07, 6.45) is 2.64. The number of benzene rings is 2. The minimum absolute atomic E-state index is 0.177. The Morgan fingerprint density at radius 3 is 2.62 bits per heavy atom. The molecule has 0 amide bonds. The molecule has 2 N–H and O–H groups in total. The molecule has 3 heterocycles. The first-order valence-corrected chi connectivity index (χ1v) is 11.4. The number of nitrogens with two attached hydrogens (primary N) is 1. The molecule has 0 spiro atoms. The van der Waals surface area contributed by atoms with Crippen LogP contribution in [0.25, 0.3) is 11.2 Å². The Morgan fingerprint density at radius 1 is 1.00 bits per heavy atom. The van der Waals surface area contributed by atoms with Gasteiger partial charge in [-0.2, -0.15) is 4.98 Å². The molecule has 1 saturated heterocycles. The van der Waals surface area contributed by atoms with Crippen LogP contribution < -0.4 is 15.4 Å². The van der Waals surface area contributed by atoms with Crippen LogP contribution >= 0.6 is 0 Å². The van der Waals surface area contributed by atoms with E-state index in [2.05, 4.69) is 14.9 Å². The number of halogens is 2. The summed E-state index contributed by atoms with van der Waals surface area (Å²) in [6.45, 7) is 2.01. The fraction of sp³-hybridized carbons (Fsp3) is 0.269. The van der Waals surface area contributed by atoms with E-state index < -0.39 is 0 Å². The van der Waals surface area contributed by atoms with Gasteiger partial charge in [0.15, 0.2) is 5.65 Å². The van der Waals surface area contributed by atoms with Crippen molar-refractivity contribution in [1.29, 1.82) is 0 Å². The molecule has 6 rings (SSSR count). The zero-order chi connectivity index (χ0) is 23.3. The van der Waals surface area contributed by atoms with Crippen LogP contribution in [0.5, 0.6) is 11.6 Å². The first kappa shape index (κ1) is 20.9. The van der Waals surface area contributed by atoms with Crippen molar-refractivity contribution in [3.05, 3.63) is 84.1 Å². The van der Waals surface area contributed by atoms with Gasteiger partial charge in [0, 0.05) is 31.1 Å². The average Bonchev–Trinajstić information content (AvgIpc) is 3.53. The van der Waals surface area contributed by atoms with Gasteiger partial charge >= 0.3 is 0 Å². The number of nitrogens with zero attached hydrogens (tertiary/aromatic N) is 4. The molecule has 6 nitrogen and oxygen atoms in total. The highest BCUT2D eigenvalue weighted by Crippen LogP contribution is 2.63. The van der Waals surface area contributed by atoms with E-state index in [4.69, 9.17) is 15.5 Å². The van der Waals surface area contributed by atoms with E-state index in [1.165, 1.54) is 18.2 Å². The maximum absolute atomic E-state index is 14.6. The second kappa shape index (κ2) is 7.99. The molecule has 0 bridgehead atoms. The Morgan fingerprint density at radius 2 is 1.82 bits per heavy atom. The zero-order valence-electron chi connectivity index (χ0n) is 18.4. The molecule has 2 aliphatic rings. The van der Waals surface area contributed by atoms with E-state index in [0.29, 0.717) is 35.3 Å². The second-order valence-electron chi connectivity index (χ2n) is 8.95. The number of pyridine rings is 1. The van der Waals surface area contributed by atoms with Gasteiger partial charge in [-0.15, -0.1) is 0 Å². The van der Waals surface area contributed by atoms with Crippen molar-refractivity contribution >= 4 is 17.0 Å². The van der Waals surface area contributed by atoms with E-state index in [1.54, 1.807) is 30.5 Å². The van der Waals surface area contributed by atoms with Gasteiger partial charge in [0.1, 0.15) is 28.7 Å². The lowest BCUT2D eigenvalue weighted by Crippen LogP contribution is -2.32. The van der Waals surface area contributed by atoms with Crippen molar-refractivity contribution < 1.29 is 13.5 Å². The molecule has 2 fully saturated rings. The molecule has 1 saturated carbocycles. The van der Waals surface area contributed by atoms with Crippen LogP contribution in [0.3, 0.4) is 0 Å². The molecule has 2 aromatic carbocycles. The van der Waals surface area contributed by atoms with Crippen LogP contribution in [0.1, 0.15) is 12.0 Å². The Balaban J connectivity index is 1.22. The van der Waals surface area contributed by atoms with Crippen LogP contribution in [0.2, 0.25) is 0 Å². The number of hydrogen-bond acceptors (Lipinski definition) is 6. The minimum Gasteiger partial charge on any atom is -0.439 e. The van der Waals surface area contributed by atoms with Crippen molar-refractivity contribution in [2.24, 2.45) is 17.6 Å². The SMILES string of the molecule is NC[C@]1(c2ccccc2F)[C@@H]2CCN(c3cnc4nc(Oc5ccc(F)cc5)ccc4n3)C[C@@H]21. The van der Waals surface area contributed by atoms with Crippen LogP contribution in [0.4, 0.5) is 14.6 Å². The molecule has 1 aliphatic carbocycles. The highest BCUT2D eigenvalue weighted by Gasteiger charge is 2.66. The van der Waals surface area contributed by atoms with Gasteiger partial charge in [0.05, 0.1) is 6.20 Å².